The van der Waals surface area contributed by atoms with E-state index in [1.54, 1.807) is 0 Å². The molecule has 1 heterocycles. The number of hydrogen-bond acceptors (Lipinski definition) is 3. The highest BCUT2D eigenvalue weighted by atomic mass is 35.5. The minimum atomic E-state index is -0.558. The summed E-state index contributed by atoms with van der Waals surface area (Å²) in [4.78, 5) is 15.7. The van der Waals surface area contributed by atoms with Crippen molar-refractivity contribution in [3.8, 4) is 10.4 Å². The minimum absolute atomic E-state index is 0.233. The summed E-state index contributed by atoms with van der Waals surface area (Å²) in [5.41, 5.74) is 6.34. The van der Waals surface area contributed by atoms with Crippen molar-refractivity contribution in [3.05, 3.63) is 40.5 Å². The lowest BCUT2D eigenvalue weighted by Gasteiger charge is -1.97. The Morgan fingerprint density at radius 2 is 2.00 bits per heavy atom. The first-order valence-electron chi connectivity index (χ1n) is 4.20. The second kappa shape index (κ2) is 4.00. The fourth-order valence-corrected chi connectivity index (χ4v) is 2.36. The molecule has 0 aliphatic carbocycles. The highest BCUT2D eigenvalue weighted by molar-refractivity contribution is 7.19. The first-order chi connectivity index (χ1) is 7.18. The molecule has 1 aromatic heterocycles. The van der Waals surface area contributed by atoms with Gasteiger partial charge in [0.25, 0.3) is 5.91 Å². The number of carbonyl (C=O) groups is 1. The van der Waals surface area contributed by atoms with Crippen LogP contribution in [0.4, 0.5) is 0 Å². The maximum atomic E-state index is 11.1. The molecule has 0 saturated carbocycles. The molecule has 0 spiro atoms. The van der Waals surface area contributed by atoms with Gasteiger partial charge in [-0.05, 0) is 5.56 Å². The zero-order valence-corrected chi connectivity index (χ0v) is 9.18. The van der Waals surface area contributed by atoms with Crippen molar-refractivity contribution in [2.75, 3.05) is 0 Å². The molecule has 0 aliphatic rings. The molecule has 0 radical (unpaired) electrons. The van der Waals surface area contributed by atoms with E-state index in [0.29, 0.717) is 9.34 Å². The van der Waals surface area contributed by atoms with E-state index in [9.17, 15) is 4.79 Å². The number of rotatable bonds is 2. The van der Waals surface area contributed by atoms with Crippen LogP contribution >= 0.6 is 22.9 Å². The van der Waals surface area contributed by atoms with Crippen molar-refractivity contribution in [2.24, 2.45) is 5.73 Å². The van der Waals surface area contributed by atoms with Crippen molar-refractivity contribution in [2.45, 2.75) is 0 Å². The molecule has 2 rings (SSSR count). The van der Waals surface area contributed by atoms with Crippen LogP contribution < -0.4 is 5.73 Å². The number of nitrogens with two attached hydrogens (primary N) is 1. The van der Waals surface area contributed by atoms with Crippen molar-refractivity contribution < 1.29 is 4.79 Å². The Kier molecular flexibility index (Phi) is 2.70. The van der Waals surface area contributed by atoms with E-state index in [1.165, 1.54) is 11.3 Å². The second-order valence-corrected chi connectivity index (χ2v) is 4.46. The lowest BCUT2D eigenvalue weighted by Crippen LogP contribution is -2.12. The van der Waals surface area contributed by atoms with Crippen LogP contribution in [0.3, 0.4) is 0 Å². The van der Waals surface area contributed by atoms with Gasteiger partial charge in [0, 0.05) is 0 Å². The second-order valence-electron chi connectivity index (χ2n) is 2.87. The Labute approximate surface area is 95.5 Å². The number of aromatic nitrogens is 1. The highest BCUT2D eigenvalue weighted by Crippen LogP contribution is 2.32. The molecule has 0 aliphatic heterocycles. The van der Waals surface area contributed by atoms with E-state index >= 15 is 0 Å². The van der Waals surface area contributed by atoms with Gasteiger partial charge in [-0.2, -0.15) is 0 Å². The van der Waals surface area contributed by atoms with Gasteiger partial charge in [0.1, 0.15) is 5.69 Å². The van der Waals surface area contributed by atoms with Crippen LogP contribution in [-0.2, 0) is 0 Å². The van der Waals surface area contributed by atoms with Gasteiger partial charge in [-0.3, -0.25) is 4.79 Å². The Hall–Kier alpha value is -1.39. The zero-order chi connectivity index (χ0) is 10.8. The summed E-state index contributed by atoms with van der Waals surface area (Å²) in [6.07, 6.45) is 0. The van der Waals surface area contributed by atoms with E-state index in [1.807, 2.05) is 30.3 Å². The van der Waals surface area contributed by atoms with E-state index in [4.69, 9.17) is 17.3 Å². The lowest BCUT2D eigenvalue weighted by atomic mass is 10.1. The maximum absolute atomic E-state index is 11.1. The van der Waals surface area contributed by atoms with E-state index < -0.39 is 5.91 Å². The number of amides is 1. The molecule has 0 bridgehead atoms. The van der Waals surface area contributed by atoms with Gasteiger partial charge in [-0.1, -0.05) is 41.9 Å². The van der Waals surface area contributed by atoms with Crippen LogP contribution in [0.2, 0.25) is 4.47 Å². The Balaban J connectivity index is 2.58. The lowest BCUT2D eigenvalue weighted by molar-refractivity contribution is 0.0997. The maximum Gasteiger partial charge on any atom is 0.268 e. The third kappa shape index (κ3) is 2.00. The molecule has 0 atom stereocenters. The van der Waals surface area contributed by atoms with Crippen LogP contribution in [0.15, 0.2) is 30.3 Å². The molecule has 76 valence electrons. The number of nitrogens with zero attached hydrogens (tertiary/aromatic N) is 1. The fraction of sp³-hybridized carbons (Fsp3) is 0. The molecule has 1 amide bonds. The molecular formula is C10H7ClN2OS. The molecule has 0 unspecified atom stereocenters. The third-order valence-corrected chi connectivity index (χ3v) is 3.08. The normalized spacial score (nSPS) is 10.2. The highest BCUT2D eigenvalue weighted by Gasteiger charge is 2.15. The van der Waals surface area contributed by atoms with E-state index in [-0.39, 0.29) is 5.69 Å². The monoisotopic (exact) mass is 238 g/mol. The summed E-state index contributed by atoms with van der Waals surface area (Å²) in [5.74, 6) is -0.558. The average molecular weight is 239 g/mol. The Morgan fingerprint density at radius 3 is 2.60 bits per heavy atom. The number of benzene rings is 1. The molecule has 5 heteroatoms. The molecule has 2 N–H and O–H groups in total. The molecule has 15 heavy (non-hydrogen) atoms. The standard InChI is InChI=1S/C10H7ClN2OS/c11-10-13-7(9(12)14)8(15-10)6-4-2-1-3-5-6/h1-5H,(H2,12,14). The van der Waals surface area contributed by atoms with Crippen LogP contribution in [-0.4, -0.2) is 10.9 Å². The van der Waals surface area contributed by atoms with Crippen LogP contribution in [0.25, 0.3) is 10.4 Å². The largest absolute Gasteiger partial charge is 0.364 e. The molecular weight excluding hydrogens is 232 g/mol. The van der Waals surface area contributed by atoms with Gasteiger partial charge in [0.15, 0.2) is 4.47 Å². The van der Waals surface area contributed by atoms with Crippen molar-refractivity contribution in [1.82, 2.24) is 4.98 Å². The number of thiazole rings is 1. The Morgan fingerprint density at radius 1 is 1.33 bits per heavy atom. The number of carbonyl (C=O) groups excluding carboxylic acids is 1. The molecule has 1 aromatic carbocycles. The van der Waals surface area contributed by atoms with E-state index in [2.05, 4.69) is 4.98 Å². The van der Waals surface area contributed by atoms with Crippen LogP contribution in [0.5, 0.6) is 0 Å². The number of primary amides is 1. The zero-order valence-electron chi connectivity index (χ0n) is 7.61. The van der Waals surface area contributed by atoms with Gasteiger partial charge < -0.3 is 5.73 Å². The Bertz CT molecular complexity index is 495. The fourth-order valence-electron chi connectivity index (χ4n) is 1.25. The first kappa shape index (κ1) is 10.1. The molecule has 3 nitrogen and oxygen atoms in total. The van der Waals surface area contributed by atoms with Gasteiger partial charge >= 0.3 is 0 Å². The minimum Gasteiger partial charge on any atom is -0.364 e. The third-order valence-electron chi connectivity index (χ3n) is 1.87. The summed E-state index contributed by atoms with van der Waals surface area (Å²) in [5, 5.41) is 0. The predicted molar refractivity (Wildman–Crippen MR) is 61.1 cm³/mol. The van der Waals surface area contributed by atoms with Crippen molar-refractivity contribution >= 4 is 28.8 Å². The molecule has 0 saturated heterocycles. The topological polar surface area (TPSA) is 56.0 Å². The van der Waals surface area contributed by atoms with Crippen LogP contribution in [0, 0.1) is 0 Å². The summed E-state index contributed by atoms with van der Waals surface area (Å²) >= 11 is 7.01. The quantitative estimate of drug-likeness (QED) is 0.874. The van der Waals surface area contributed by atoms with Crippen LogP contribution in [0.1, 0.15) is 10.5 Å². The van der Waals surface area contributed by atoms with Gasteiger partial charge in [0.05, 0.1) is 4.88 Å². The van der Waals surface area contributed by atoms with Gasteiger partial charge in [-0.15, -0.1) is 11.3 Å². The average Bonchev–Trinajstić information content (AvgIpc) is 2.62. The smallest absolute Gasteiger partial charge is 0.268 e. The van der Waals surface area contributed by atoms with Gasteiger partial charge in [-0.25, -0.2) is 4.98 Å². The van der Waals surface area contributed by atoms with Crippen molar-refractivity contribution in [1.29, 1.82) is 0 Å². The summed E-state index contributed by atoms with van der Waals surface area (Å²) in [7, 11) is 0. The predicted octanol–water partition coefficient (Wildman–Crippen LogP) is 2.56. The first-order valence-corrected chi connectivity index (χ1v) is 5.39. The number of hydrogen-bond donors (Lipinski definition) is 1. The van der Waals surface area contributed by atoms with Crippen molar-refractivity contribution in [3.63, 3.8) is 0 Å². The summed E-state index contributed by atoms with van der Waals surface area (Å²) < 4.78 is 0.322. The SMILES string of the molecule is NC(=O)c1nc(Cl)sc1-c1ccccc1. The summed E-state index contributed by atoms with van der Waals surface area (Å²) in [6, 6.07) is 9.43. The molecule has 0 fully saturated rings. The van der Waals surface area contributed by atoms with E-state index in [0.717, 1.165) is 5.56 Å². The van der Waals surface area contributed by atoms with Gasteiger partial charge in [0.2, 0.25) is 0 Å². The summed E-state index contributed by atoms with van der Waals surface area (Å²) in [6.45, 7) is 0. The molecule has 2 aromatic rings. The number of halogens is 1.